The normalized spacial score (nSPS) is 22.2. The number of carbonyl (C=O) groups excluding carboxylic acids is 1. The first kappa shape index (κ1) is 17.0. The second kappa shape index (κ2) is 7.81. The molecule has 3 rings (SSSR count). The van der Waals surface area contributed by atoms with Crippen molar-refractivity contribution in [1.82, 2.24) is 4.90 Å². The van der Waals surface area contributed by atoms with Crippen LogP contribution in [0.5, 0.6) is 5.75 Å². The van der Waals surface area contributed by atoms with E-state index in [4.69, 9.17) is 14.2 Å². The van der Waals surface area contributed by atoms with Crippen molar-refractivity contribution in [3.63, 3.8) is 0 Å². The van der Waals surface area contributed by atoms with Gasteiger partial charge in [0.1, 0.15) is 5.75 Å². The minimum Gasteiger partial charge on any atom is -0.496 e. The quantitative estimate of drug-likeness (QED) is 0.796. The molecule has 0 spiro atoms. The van der Waals surface area contributed by atoms with Gasteiger partial charge >= 0.3 is 0 Å². The fourth-order valence-corrected chi connectivity index (χ4v) is 3.33. The molecule has 1 aromatic rings. The Morgan fingerprint density at radius 3 is 2.88 bits per heavy atom. The van der Waals surface area contributed by atoms with E-state index >= 15 is 0 Å². The molecule has 5 heteroatoms. The van der Waals surface area contributed by atoms with Gasteiger partial charge in [-0.3, -0.25) is 4.79 Å². The van der Waals surface area contributed by atoms with Crippen LogP contribution in [0, 0.1) is 12.8 Å². The van der Waals surface area contributed by atoms with E-state index in [2.05, 4.69) is 0 Å². The number of ether oxygens (including phenoxy) is 3. The van der Waals surface area contributed by atoms with Gasteiger partial charge < -0.3 is 19.1 Å². The van der Waals surface area contributed by atoms with Crippen molar-refractivity contribution >= 4 is 12.0 Å². The van der Waals surface area contributed by atoms with Crippen molar-refractivity contribution in [2.24, 2.45) is 5.92 Å². The number of piperidine rings is 1. The highest BCUT2D eigenvalue weighted by Gasteiger charge is 2.32. The second-order valence-corrected chi connectivity index (χ2v) is 6.38. The Balaban J connectivity index is 1.64. The van der Waals surface area contributed by atoms with Crippen molar-refractivity contribution in [2.45, 2.75) is 26.1 Å². The maximum atomic E-state index is 12.5. The molecule has 1 unspecified atom stereocenters. The molecule has 2 heterocycles. The number of carbonyl (C=O) groups is 1. The molecule has 2 fully saturated rings. The SMILES string of the molecule is COc1ccc(C)cc1/C=C/C(=O)N1CCCC(C2OCCO2)C1. The number of amides is 1. The molecule has 0 aromatic heterocycles. The minimum absolute atomic E-state index is 0.0289. The van der Waals surface area contributed by atoms with Gasteiger partial charge in [0.25, 0.3) is 0 Å². The molecule has 24 heavy (non-hydrogen) atoms. The average molecular weight is 331 g/mol. The summed E-state index contributed by atoms with van der Waals surface area (Å²) in [5, 5.41) is 0. The van der Waals surface area contributed by atoms with Crippen molar-refractivity contribution in [1.29, 1.82) is 0 Å². The Labute approximate surface area is 143 Å². The lowest BCUT2D eigenvalue weighted by Gasteiger charge is -2.34. The van der Waals surface area contributed by atoms with Crippen LogP contribution in [0.4, 0.5) is 0 Å². The number of hydrogen-bond donors (Lipinski definition) is 0. The Bertz CT molecular complexity index is 607. The highest BCUT2D eigenvalue weighted by Crippen LogP contribution is 2.25. The van der Waals surface area contributed by atoms with E-state index in [-0.39, 0.29) is 18.1 Å². The summed E-state index contributed by atoms with van der Waals surface area (Å²) >= 11 is 0. The van der Waals surface area contributed by atoms with Crippen molar-refractivity contribution in [2.75, 3.05) is 33.4 Å². The molecule has 1 atom stereocenters. The molecule has 2 saturated heterocycles. The van der Waals surface area contributed by atoms with Crippen LogP contribution in [-0.4, -0.2) is 50.5 Å². The Kier molecular flexibility index (Phi) is 5.53. The second-order valence-electron chi connectivity index (χ2n) is 6.38. The highest BCUT2D eigenvalue weighted by molar-refractivity contribution is 5.92. The highest BCUT2D eigenvalue weighted by atomic mass is 16.7. The number of aryl methyl sites for hydroxylation is 1. The fourth-order valence-electron chi connectivity index (χ4n) is 3.33. The van der Waals surface area contributed by atoms with E-state index in [9.17, 15) is 4.79 Å². The maximum Gasteiger partial charge on any atom is 0.246 e. The molecule has 0 radical (unpaired) electrons. The van der Waals surface area contributed by atoms with E-state index < -0.39 is 0 Å². The predicted molar refractivity (Wildman–Crippen MR) is 91.8 cm³/mol. The zero-order valence-electron chi connectivity index (χ0n) is 14.4. The zero-order valence-corrected chi connectivity index (χ0v) is 14.4. The van der Waals surface area contributed by atoms with Crippen LogP contribution in [0.15, 0.2) is 24.3 Å². The molecule has 0 aliphatic carbocycles. The fraction of sp³-hybridized carbons (Fsp3) is 0.526. The molecule has 5 nitrogen and oxygen atoms in total. The lowest BCUT2D eigenvalue weighted by Crippen LogP contribution is -2.43. The van der Waals surface area contributed by atoms with E-state index in [1.54, 1.807) is 13.2 Å². The van der Waals surface area contributed by atoms with E-state index in [0.29, 0.717) is 19.8 Å². The smallest absolute Gasteiger partial charge is 0.246 e. The summed E-state index contributed by atoms with van der Waals surface area (Å²) in [6.07, 6.45) is 5.35. The first-order valence-corrected chi connectivity index (χ1v) is 8.52. The minimum atomic E-state index is -0.151. The van der Waals surface area contributed by atoms with Crippen molar-refractivity contribution < 1.29 is 19.0 Å². The van der Waals surface area contributed by atoms with Crippen LogP contribution in [0.1, 0.15) is 24.0 Å². The topological polar surface area (TPSA) is 48.0 Å². The Morgan fingerprint density at radius 1 is 1.33 bits per heavy atom. The summed E-state index contributed by atoms with van der Waals surface area (Å²) in [5.41, 5.74) is 2.05. The maximum absolute atomic E-state index is 12.5. The lowest BCUT2D eigenvalue weighted by molar-refractivity contribution is -0.134. The monoisotopic (exact) mass is 331 g/mol. The summed E-state index contributed by atoms with van der Waals surface area (Å²) in [7, 11) is 1.64. The number of rotatable bonds is 4. The van der Waals surface area contributed by atoms with Crippen molar-refractivity contribution in [3.8, 4) is 5.75 Å². The molecule has 0 saturated carbocycles. The first-order valence-electron chi connectivity index (χ1n) is 8.52. The van der Waals surface area contributed by atoms with Gasteiger partial charge in [-0.15, -0.1) is 0 Å². The molecule has 2 aliphatic rings. The average Bonchev–Trinajstić information content (AvgIpc) is 3.14. The van der Waals surface area contributed by atoms with Gasteiger partial charge in [0.05, 0.1) is 20.3 Å². The largest absolute Gasteiger partial charge is 0.496 e. The van der Waals surface area contributed by atoms with E-state index in [0.717, 1.165) is 36.3 Å². The van der Waals surface area contributed by atoms with Crippen LogP contribution >= 0.6 is 0 Å². The summed E-state index contributed by atoms with van der Waals surface area (Å²) in [4.78, 5) is 14.4. The van der Waals surface area contributed by atoms with Gasteiger partial charge in [0.15, 0.2) is 6.29 Å². The van der Waals surface area contributed by atoms with Crippen LogP contribution < -0.4 is 4.74 Å². The van der Waals surface area contributed by atoms with E-state index in [1.807, 2.05) is 36.1 Å². The molecule has 1 aromatic carbocycles. The lowest BCUT2D eigenvalue weighted by atomic mass is 9.97. The molecule has 1 amide bonds. The molecule has 0 bridgehead atoms. The summed E-state index contributed by atoms with van der Waals surface area (Å²) in [6.45, 7) is 4.82. The first-order chi connectivity index (χ1) is 11.7. The zero-order chi connectivity index (χ0) is 16.9. The summed E-state index contributed by atoms with van der Waals surface area (Å²) in [6, 6.07) is 5.93. The van der Waals surface area contributed by atoms with Crippen LogP contribution in [0.3, 0.4) is 0 Å². The van der Waals surface area contributed by atoms with Crippen LogP contribution in [0.2, 0.25) is 0 Å². The third-order valence-electron chi connectivity index (χ3n) is 4.59. The Morgan fingerprint density at radius 2 is 2.12 bits per heavy atom. The Hall–Kier alpha value is -1.85. The summed E-state index contributed by atoms with van der Waals surface area (Å²) in [5.74, 6) is 1.07. The number of hydrogen-bond acceptors (Lipinski definition) is 4. The number of nitrogens with zero attached hydrogens (tertiary/aromatic N) is 1. The van der Waals surface area contributed by atoms with E-state index in [1.165, 1.54) is 0 Å². The third kappa shape index (κ3) is 3.97. The number of likely N-dealkylation sites (tertiary alicyclic amines) is 1. The van der Waals surface area contributed by atoms with Crippen LogP contribution in [0.25, 0.3) is 6.08 Å². The number of benzene rings is 1. The molecule has 130 valence electrons. The van der Waals surface area contributed by atoms with Gasteiger partial charge in [-0.25, -0.2) is 0 Å². The molecular weight excluding hydrogens is 306 g/mol. The summed E-state index contributed by atoms with van der Waals surface area (Å²) < 4.78 is 16.6. The van der Waals surface area contributed by atoms with Gasteiger partial charge in [0.2, 0.25) is 5.91 Å². The van der Waals surface area contributed by atoms with Gasteiger partial charge in [-0.1, -0.05) is 11.6 Å². The van der Waals surface area contributed by atoms with Crippen LogP contribution in [-0.2, 0) is 14.3 Å². The van der Waals surface area contributed by atoms with Gasteiger partial charge in [0, 0.05) is 30.6 Å². The standard InChI is InChI=1S/C19H25NO4/c1-14-5-7-17(22-2)15(12-14)6-8-18(21)20-9-3-4-16(13-20)19-23-10-11-24-19/h5-8,12,16,19H,3-4,9-11,13H2,1-2H3/b8-6+. The molecular formula is C19H25NO4. The predicted octanol–water partition coefficient (Wildman–Crippen LogP) is 2.63. The van der Waals surface area contributed by atoms with Gasteiger partial charge in [-0.05, 0) is 38.0 Å². The van der Waals surface area contributed by atoms with Gasteiger partial charge in [-0.2, -0.15) is 0 Å². The molecule has 0 N–H and O–H groups in total. The molecule has 2 aliphatic heterocycles. The third-order valence-corrected chi connectivity index (χ3v) is 4.59. The number of methoxy groups -OCH3 is 1. The van der Waals surface area contributed by atoms with Crippen molar-refractivity contribution in [3.05, 3.63) is 35.4 Å².